The lowest BCUT2D eigenvalue weighted by molar-refractivity contribution is -0.159. The van der Waals surface area contributed by atoms with Gasteiger partial charge in [-0.15, -0.1) is 0 Å². The number of hydrogen-bond donors (Lipinski definition) is 3. The first kappa shape index (κ1) is 25.5. The summed E-state index contributed by atoms with van der Waals surface area (Å²) < 4.78 is 48.8. The van der Waals surface area contributed by atoms with Crippen molar-refractivity contribution < 1.29 is 33.2 Å². The molecule has 0 aliphatic heterocycles. The molecule has 1 heterocycles. The van der Waals surface area contributed by atoms with Crippen LogP contribution in [0.15, 0.2) is 36.4 Å². The fourth-order valence-corrected chi connectivity index (χ4v) is 4.85. The number of aliphatic hydroxyl groups excluding tert-OH is 3. The van der Waals surface area contributed by atoms with E-state index in [0.29, 0.717) is 23.6 Å². The van der Waals surface area contributed by atoms with Crippen LogP contribution in [-0.4, -0.2) is 45.3 Å². The molecule has 1 unspecified atom stereocenters. The molecule has 3 N–H and O–H groups in total. The van der Waals surface area contributed by atoms with Crippen LogP contribution in [0.3, 0.4) is 0 Å². The molecule has 0 saturated heterocycles. The van der Waals surface area contributed by atoms with Crippen LogP contribution in [0.2, 0.25) is 0 Å². The summed E-state index contributed by atoms with van der Waals surface area (Å²) in [4.78, 5) is 0. The van der Waals surface area contributed by atoms with Crippen LogP contribution in [0, 0.1) is 12.7 Å². The topological polar surface area (TPSA) is 74.9 Å². The highest BCUT2D eigenvalue weighted by molar-refractivity contribution is 5.83. The van der Waals surface area contributed by atoms with Gasteiger partial charge in [-0.2, -0.15) is 8.78 Å². The van der Waals surface area contributed by atoms with E-state index in [1.54, 1.807) is 29.7 Å². The van der Waals surface area contributed by atoms with Gasteiger partial charge in [0.05, 0.1) is 31.4 Å². The zero-order chi connectivity index (χ0) is 25.8. The Kier molecular flexibility index (Phi) is 6.45. The molecular weight excluding hydrogens is 459 g/mol. The van der Waals surface area contributed by atoms with Gasteiger partial charge in [-0.25, -0.2) is 4.39 Å². The Hall–Kier alpha value is -2.55. The van der Waals surface area contributed by atoms with E-state index in [1.165, 1.54) is 12.1 Å². The van der Waals surface area contributed by atoms with Crippen molar-refractivity contribution in [2.75, 3.05) is 13.2 Å². The number of nitrogens with zero attached hydrogens (tertiary/aromatic N) is 1. The Morgan fingerprint density at radius 1 is 1.09 bits per heavy atom. The first-order valence-corrected chi connectivity index (χ1v) is 11.7. The molecular formula is C27H32F3NO4. The SMILES string of the molecule is Cc1cc(C2(c3cc4cc(C(C)(C)CO)n(CC(O)CO)c4cc3F)CC2)ccc1OC(C)(F)F. The van der Waals surface area contributed by atoms with E-state index in [2.05, 4.69) is 0 Å². The highest BCUT2D eigenvalue weighted by Gasteiger charge is 2.48. The number of ether oxygens (including phenoxy) is 1. The molecule has 1 atom stereocenters. The number of benzene rings is 2. The summed E-state index contributed by atoms with van der Waals surface area (Å²) in [7, 11) is 0. The molecule has 1 aliphatic rings. The number of aryl methyl sites for hydroxylation is 1. The van der Waals surface area contributed by atoms with Gasteiger partial charge in [0.25, 0.3) is 0 Å². The molecule has 1 aromatic heterocycles. The van der Waals surface area contributed by atoms with Crippen molar-refractivity contribution in [3.63, 3.8) is 0 Å². The van der Waals surface area contributed by atoms with Crippen molar-refractivity contribution in [3.05, 3.63) is 64.6 Å². The lowest BCUT2D eigenvalue weighted by Crippen LogP contribution is -2.29. The first-order valence-electron chi connectivity index (χ1n) is 11.7. The summed E-state index contributed by atoms with van der Waals surface area (Å²) in [6.07, 6.45) is -2.89. The van der Waals surface area contributed by atoms with Crippen molar-refractivity contribution >= 4 is 10.9 Å². The average Bonchev–Trinajstić information content (AvgIpc) is 3.51. The third kappa shape index (κ3) is 4.79. The molecule has 190 valence electrons. The smallest absolute Gasteiger partial charge is 0.394 e. The Labute approximate surface area is 202 Å². The predicted octanol–water partition coefficient (Wildman–Crippen LogP) is 4.78. The van der Waals surface area contributed by atoms with Crippen LogP contribution in [0.5, 0.6) is 5.75 Å². The second-order valence-corrected chi connectivity index (χ2v) is 10.4. The lowest BCUT2D eigenvalue weighted by atomic mass is 9.86. The number of halogens is 3. The fraction of sp³-hybridized carbons (Fsp3) is 0.481. The fourth-order valence-electron chi connectivity index (χ4n) is 4.85. The molecule has 1 saturated carbocycles. The summed E-state index contributed by atoms with van der Waals surface area (Å²) >= 11 is 0. The number of hydrogen-bond acceptors (Lipinski definition) is 4. The highest BCUT2D eigenvalue weighted by atomic mass is 19.3. The molecule has 8 heteroatoms. The van der Waals surface area contributed by atoms with Gasteiger partial charge in [0.1, 0.15) is 11.6 Å². The molecule has 0 radical (unpaired) electrons. The molecule has 0 amide bonds. The maximum Gasteiger partial charge on any atom is 0.394 e. The van der Waals surface area contributed by atoms with Gasteiger partial charge >= 0.3 is 6.11 Å². The Balaban J connectivity index is 1.80. The molecule has 5 nitrogen and oxygen atoms in total. The van der Waals surface area contributed by atoms with E-state index in [0.717, 1.165) is 29.5 Å². The van der Waals surface area contributed by atoms with E-state index in [-0.39, 0.29) is 18.9 Å². The van der Waals surface area contributed by atoms with Gasteiger partial charge in [0.2, 0.25) is 0 Å². The minimum absolute atomic E-state index is 0.0609. The van der Waals surface area contributed by atoms with Crippen molar-refractivity contribution in [2.45, 2.75) is 70.1 Å². The summed E-state index contributed by atoms with van der Waals surface area (Å²) in [5.74, 6) is -0.317. The second kappa shape index (κ2) is 8.84. The number of rotatable bonds is 9. The van der Waals surface area contributed by atoms with Crippen LogP contribution in [0.25, 0.3) is 10.9 Å². The third-order valence-corrected chi connectivity index (χ3v) is 6.97. The highest BCUT2D eigenvalue weighted by Crippen LogP contribution is 2.55. The van der Waals surface area contributed by atoms with E-state index >= 15 is 4.39 Å². The summed E-state index contributed by atoms with van der Waals surface area (Å²) in [6.45, 7) is 5.56. The molecule has 0 bridgehead atoms. The van der Waals surface area contributed by atoms with Crippen molar-refractivity contribution in [2.24, 2.45) is 0 Å². The largest absolute Gasteiger partial charge is 0.433 e. The standard InChI is InChI=1S/C27H32F3NO4/c1-16-9-18(5-6-23(16)35-26(4,29)30)27(7-8-27)20-10-17-11-24(25(2,3)15-33)31(13-19(34)14-32)22(17)12-21(20)28/h5-6,9-12,19,32-34H,7-8,13-15H2,1-4H3. The molecule has 2 aromatic carbocycles. The van der Waals surface area contributed by atoms with Crippen molar-refractivity contribution in [1.29, 1.82) is 0 Å². The Morgan fingerprint density at radius 3 is 2.31 bits per heavy atom. The van der Waals surface area contributed by atoms with Gasteiger partial charge < -0.3 is 24.6 Å². The van der Waals surface area contributed by atoms with Crippen LogP contribution < -0.4 is 4.74 Å². The van der Waals surface area contributed by atoms with E-state index < -0.39 is 35.5 Å². The van der Waals surface area contributed by atoms with Crippen LogP contribution in [0.1, 0.15) is 56.0 Å². The number of aromatic nitrogens is 1. The average molecular weight is 492 g/mol. The number of aliphatic hydroxyl groups is 3. The van der Waals surface area contributed by atoms with Crippen LogP contribution in [0.4, 0.5) is 13.2 Å². The summed E-state index contributed by atoms with van der Waals surface area (Å²) in [5, 5.41) is 30.2. The van der Waals surface area contributed by atoms with Crippen LogP contribution in [-0.2, 0) is 17.4 Å². The van der Waals surface area contributed by atoms with Crippen LogP contribution >= 0.6 is 0 Å². The van der Waals surface area contributed by atoms with Gasteiger partial charge in [0, 0.05) is 28.8 Å². The number of fused-ring (bicyclic) bond motifs is 1. The van der Waals surface area contributed by atoms with Crippen molar-refractivity contribution in [1.82, 2.24) is 4.57 Å². The zero-order valence-electron chi connectivity index (χ0n) is 20.4. The quantitative estimate of drug-likeness (QED) is 0.403. The molecule has 1 fully saturated rings. The minimum atomic E-state index is -3.29. The predicted molar refractivity (Wildman–Crippen MR) is 128 cm³/mol. The maximum absolute atomic E-state index is 15.6. The molecule has 3 aromatic rings. The minimum Gasteiger partial charge on any atom is -0.433 e. The molecule has 1 aliphatic carbocycles. The van der Waals surface area contributed by atoms with Gasteiger partial charge in [0.15, 0.2) is 0 Å². The maximum atomic E-state index is 15.6. The van der Waals surface area contributed by atoms with Gasteiger partial charge in [-0.3, -0.25) is 0 Å². The molecule has 4 rings (SSSR count). The second-order valence-electron chi connectivity index (χ2n) is 10.4. The van der Waals surface area contributed by atoms with Gasteiger partial charge in [-0.05, 0) is 60.7 Å². The van der Waals surface area contributed by atoms with E-state index in [9.17, 15) is 24.1 Å². The summed E-state index contributed by atoms with van der Waals surface area (Å²) in [6, 6.07) is 10.1. The lowest BCUT2D eigenvalue weighted by Gasteiger charge is -2.25. The summed E-state index contributed by atoms with van der Waals surface area (Å²) in [5.41, 5.74) is 1.98. The monoisotopic (exact) mass is 491 g/mol. The zero-order valence-corrected chi connectivity index (χ0v) is 20.4. The normalized spacial score (nSPS) is 16.5. The Bertz CT molecular complexity index is 1240. The van der Waals surface area contributed by atoms with E-state index in [4.69, 9.17) is 4.74 Å². The Morgan fingerprint density at radius 2 is 1.77 bits per heavy atom. The van der Waals surface area contributed by atoms with E-state index in [1.807, 2.05) is 19.9 Å². The van der Waals surface area contributed by atoms with Gasteiger partial charge in [-0.1, -0.05) is 26.0 Å². The van der Waals surface area contributed by atoms with Crippen molar-refractivity contribution in [3.8, 4) is 5.75 Å². The molecule has 0 spiro atoms. The first-order chi connectivity index (χ1) is 16.3. The third-order valence-electron chi connectivity index (χ3n) is 6.97. The number of alkyl halides is 2. The molecule has 35 heavy (non-hydrogen) atoms.